The summed E-state index contributed by atoms with van der Waals surface area (Å²) in [6.07, 6.45) is 0. The predicted molar refractivity (Wildman–Crippen MR) is 68.0 cm³/mol. The molecule has 0 aliphatic heterocycles. The van der Waals surface area contributed by atoms with Crippen LogP contribution in [0.25, 0.3) is 11.0 Å². The summed E-state index contributed by atoms with van der Waals surface area (Å²) in [4.78, 5) is 4.57. The minimum absolute atomic E-state index is 0.186. The average Bonchev–Trinajstić information content (AvgIpc) is 2.54. The number of nitrogens with zero attached hydrogens (tertiary/aromatic N) is 2. The van der Waals surface area contributed by atoms with Gasteiger partial charge >= 0.3 is 0 Å². The fraction of sp³-hybridized carbons (Fsp3) is 0.417. The number of aliphatic hydroxyl groups is 1. The highest BCUT2D eigenvalue weighted by atomic mass is 32.2. The molecule has 1 N–H and O–H groups in total. The van der Waals surface area contributed by atoms with Gasteiger partial charge in [0.25, 0.3) is 0 Å². The van der Waals surface area contributed by atoms with Crippen LogP contribution in [-0.4, -0.2) is 27.0 Å². The highest BCUT2D eigenvalue weighted by Gasteiger charge is 2.09. The number of thioether (sulfide) groups is 1. The van der Waals surface area contributed by atoms with Crippen LogP contribution < -0.4 is 0 Å². The van der Waals surface area contributed by atoms with Crippen molar-refractivity contribution in [2.75, 3.05) is 12.4 Å². The molecule has 3 nitrogen and oxygen atoms in total. The van der Waals surface area contributed by atoms with Gasteiger partial charge < -0.3 is 9.67 Å². The molecule has 86 valence electrons. The smallest absolute Gasteiger partial charge is 0.168 e. The maximum Gasteiger partial charge on any atom is 0.168 e. The van der Waals surface area contributed by atoms with Gasteiger partial charge in [0.05, 0.1) is 17.6 Å². The molecule has 16 heavy (non-hydrogen) atoms. The van der Waals surface area contributed by atoms with Gasteiger partial charge in [-0.3, -0.25) is 0 Å². The summed E-state index contributed by atoms with van der Waals surface area (Å²) >= 11 is 1.59. The molecule has 0 aliphatic carbocycles. The number of rotatable bonds is 3. The van der Waals surface area contributed by atoms with Crippen molar-refractivity contribution in [1.82, 2.24) is 9.55 Å². The molecule has 0 spiro atoms. The summed E-state index contributed by atoms with van der Waals surface area (Å²) < 4.78 is 2.09. The molecule has 0 fully saturated rings. The summed E-state index contributed by atoms with van der Waals surface area (Å²) in [5, 5.41) is 9.79. The highest BCUT2D eigenvalue weighted by Crippen LogP contribution is 2.24. The van der Waals surface area contributed by atoms with E-state index in [1.165, 1.54) is 11.1 Å². The lowest BCUT2D eigenvalue weighted by Crippen LogP contribution is -1.93. The van der Waals surface area contributed by atoms with E-state index in [0.29, 0.717) is 5.75 Å². The summed E-state index contributed by atoms with van der Waals surface area (Å²) in [6, 6.07) is 4.29. The zero-order chi connectivity index (χ0) is 11.7. The van der Waals surface area contributed by atoms with Gasteiger partial charge in [0.1, 0.15) is 0 Å². The normalized spacial score (nSPS) is 11.2. The topological polar surface area (TPSA) is 38.1 Å². The Morgan fingerprint density at radius 2 is 2.00 bits per heavy atom. The maximum atomic E-state index is 8.82. The predicted octanol–water partition coefficient (Wildman–Crippen LogP) is 2.27. The Bertz CT molecular complexity index is 519. The van der Waals surface area contributed by atoms with Crippen LogP contribution in [0, 0.1) is 13.8 Å². The van der Waals surface area contributed by atoms with E-state index < -0.39 is 0 Å². The molecular formula is C12H16N2OS. The molecule has 0 bridgehead atoms. The van der Waals surface area contributed by atoms with Crippen molar-refractivity contribution in [3.05, 3.63) is 23.3 Å². The first-order valence-electron chi connectivity index (χ1n) is 5.31. The van der Waals surface area contributed by atoms with Crippen molar-refractivity contribution < 1.29 is 5.11 Å². The fourth-order valence-corrected chi connectivity index (χ4v) is 2.42. The first-order chi connectivity index (χ1) is 7.63. The Balaban J connectivity index is 2.50. The van der Waals surface area contributed by atoms with Crippen LogP contribution >= 0.6 is 11.8 Å². The molecule has 0 saturated heterocycles. The molecule has 2 rings (SSSR count). The van der Waals surface area contributed by atoms with Crippen LogP contribution in [-0.2, 0) is 7.05 Å². The van der Waals surface area contributed by atoms with Crippen LogP contribution in [0.5, 0.6) is 0 Å². The lowest BCUT2D eigenvalue weighted by atomic mass is 10.1. The SMILES string of the molecule is Cc1cc2nc(SCCO)n(C)c2cc1C. The zero-order valence-electron chi connectivity index (χ0n) is 9.82. The van der Waals surface area contributed by atoms with E-state index >= 15 is 0 Å². The lowest BCUT2D eigenvalue weighted by Gasteiger charge is -2.02. The number of imidazole rings is 1. The lowest BCUT2D eigenvalue weighted by molar-refractivity contribution is 0.322. The molecule has 1 aromatic carbocycles. The van der Waals surface area contributed by atoms with Crippen molar-refractivity contribution in [2.24, 2.45) is 7.05 Å². The first kappa shape index (κ1) is 11.5. The van der Waals surface area contributed by atoms with Gasteiger partial charge in [0, 0.05) is 12.8 Å². The molecule has 0 unspecified atom stereocenters. The highest BCUT2D eigenvalue weighted by molar-refractivity contribution is 7.99. The summed E-state index contributed by atoms with van der Waals surface area (Å²) in [5.74, 6) is 0.690. The standard InChI is InChI=1S/C12H16N2OS/c1-8-6-10-11(7-9(8)2)14(3)12(13-10)16-5-4-15/h6-7,15H,4-5H2,1-3H3. The molecule has 0 aliphatic rings. The van der Waals surface area contributed by atoms with Crippen LogP contribution in [0.2, 0.25) is 0 Å². The number of benzene rings is 1. The Hall–Kier alpha value is -1.00. The van der Waals surface area contributed by atoms with Gasteiger partial charge in [0.15, 0.2) is 5.16 Å². The van der Waals surface area contributed by atoms with E-state index in [1.807, 2.05) is 7.05 Å². The van der Waals surface area contributed by atoms with Crippen molar-refractivity contribution >= 4 is 22.8 Å². The van der Waals surface area contributed by atoms with E-state index in [1.54, 1.807) is 11.8 Å². The first-order valence-corrected chi connectivity index (χ1v) is 6.29. The van der Waals surface area contributed by atoms with Gasteiger partial charge in [-0.25, -0.2) is 4.98 Å². The Morgan fingerprint density at radius 3 is 2.69 bits per heavy atom. The molecule has 0 atom stereocenters. The monoisotopic (exact) mass is 236 g/mol. The molecule has 4 heteroatoms. The van der Waals surface area contributed by atoms with Crippen molar-refractivity contribution in [1.29, 1.82) is 0 Å². The maximum absolute atomic E-state index is 8.82. The molecule has 0 radical (unpaired) electrons. The van der Waals surface area contributed by atoms with Crippen LogP contribution in [0.4, 0.5) is 0 Å². The van der Waals surface area contributed by atoms with Crippen LogP contribution in [0.3, 0.4) is 0 Å². The molecule has 2 aromatic rings. The largest absolute Gasteiger partial charge is 0.396 e. The number of aryl methyl sites for hydroxylation is 3. The number of hydrogen-bond acceptors (Lipinski definition) is 3. The minimum Gasteiger partial charge on any atom is -0.396 e. The summed E-state index contributed by atoms with van der Waals surface area (Å²) in [6.45, 7) is 4.40. The fourth-order valence-electron chi connectivity index (χ4n) is 1.69. The minimum atomic E-state index is 0.186. The molecule has 0 saturated carbocycles. The van der Waals surface area contributed by atoms with Crippen molar-refractivity contribution in [3.63, 3.8) is 0 Å². The van der Waals surface area contributed by atoms with E-state index in [4.69, 9.17) is 5.11 Å². The van der Waals surface area contributed by atoms with Crippen molar-refractivity contribution in [2.45, 2.75) is 19.0 Å². The Labute approximate surface area is 99.5 Å². The number of fused-ring (bicyclic) bond motifs is 1. The second-order valence-corrected chi connectivity index (χ2v) is 5.01. The van der Waals surface area contributed by atoms with Gasteiger partial charge in [-0.2, -0.15) is 0 Å². The van der Waals surface area contributed by atoms with Crippen LogP contribution in [0.1, 0.15) is 11.1 Å². The summed E-state index contributed by atoms with van der Waals surface area (Å²) in [7, 11) is 2.02. The van der Waals surface area contributed by atoms with Gasteiger partial charge in [-0.05, 0) is 37.1 Å². The number of aliphatic hydroxyl groups excluding tert-OH is 1. The Kier molecular flexibility index (Phi) is 3.21. The van der Waals surface area contributed by atoms with E-state index in [9.17, 15) is 0 Å². The third-order valence-electron chi connectivity index (χ3n) is 2.78. The van der Waals surface area contributed by atoms with Crippen molar-refractivity contribution in [3.8, 4) is 0 Å². The Morgan fingerprint density at radius 1 is 1.31 bits per heavy atom. The third-order valence-corrected chi connectivity index (χ3v) is 3.79. The molecule has 1 heterocycles. The second-order valence-electron chi connectivity index (χ2n) is 3.95. The van der Waals surface area contributed by atoms with Gasteiger partial charge in [-0.15, -0.1) is 0 Å². The average molecular weight is 236 g/mol. The molecular weight excluding hydrogens is 220 g/mol. The van der Waals surface area contributed by atoms with Gasteiger partial charge in [-0.1, -0.05) is 11.8 Å². The molecule has 0 amide bonds. The number of aromatic nitrogens is 2. The van der Waals surface area contributed by atoms with E-state index in [0.717, 1.165) is 16.2 Å². The quantitative estimate of drug-likeness (QED) is 0.831. The van der Waals surface area contributed by atoms with Crippen LogP contribution in [0.15, 0.2) is 17.3 Å². The molecule has 1 aromatic heterocycles. The van der Waals surface area contributed by atoms with E-state index in [2.05, 4.69) is 35.5 Å². The zero-order valence-corrected chi connectivity index (χ0v) is 10.6. The number of hydrogen-bond donors (Lipinski definition) is 1. The summed E-state index contributed by atoms with van der Waals surface area (Å²) in [5.41, 5.74) is 4.74. The van der Waals surface area contributed by atoms with Gasteiger partial charge in [0.2, 0.25) is 0 Å². The second kappa shape index (κ2) is 4.47. The third kappa shape index (κ3) is 1.95. The van der Waals surface area contributed by atoms with E-state index in [-0.39, 0.29) is 6.61 Å².